The van der Waals surface area contributed by atoms with E-state index in [1.54, 1.807) is 41.3 Å². The number of nitrogens with zero attached hydrogens (tertiary/aromatic N) is 1. The van der Waals surface area contributed by atoms with Crippen molar-refractivity contribution >= 4 is 29.1 Å². The van der Waals surface area contributed by atoms with E-state index in [0.29, 0.717) is 59.9 Å². The van der Waals surface area contributed by atoms with Crippen LogP contribution in [-0.4, -0.2) is 49.9 Å². The normalized spacial score (nSPS) is 13.5. The number of amides is 3. The van der Waals surface area contributed by atoms with Crippen LogP contribution in [0.5, 0.6) is 11.5 Å². The Morgan fingerprint density at radius 3 is 1.95 bits per heavy atom. The summed E-state index contributed by atoms with van der Waals surface area (Å²) in [5, 5.41) is 5.71. The van der Waals surface area contributed by atoms with Crippen molar-refractivity contribution in [3.63, 3.8) is 0 Å². The molecule has 9 heteroatoms. The van der Waals surface area contributed by atoms with E-state index in [2.05, 4.69) is 10.6 Å². The SMILES string of the molecule is COc1cc(NC(=O)C2CCN(C(=O)c3ccc(F)cc3)CC2)c(OC)cc1NC(=O)c1ccccc1. The number of anilines is 2. The number of likely N-dealkylation sites (tertiary alicyclic amines) is 1. The van der Waals surface area contributed by atoms with Crippen molar-refractivity contribution in [2.24, 2.45) is 5.92 Å². The van der Waals surface area contributed by atoms with Crippen LogP contribution in [0.25, 0.3) is 0 Å². The molecule has 0 spiro atoms. The fourth-order valence-electron chi connectivity index (χ4n) is 4.23. The van der Waals surface area contributed by atoms with Crippen molar-refractivity contribution in [1.29, 1.82) is 0 Å². The highest BCUT2D eigenvalue weighted by molar-refractivity contribution is 6.05. The Morgan fingerprint density at radius 1 is 0.811 bits per heavy atom. The lowest BCUT2D eigenvalue weighted by Crippen LogP contribution is -2.41. The highest BCUT2D eigenvalue weighted by Crippen LogP contribution is 2.37. The highest BCUT2D eigenvalue weighted by Gasteiger charge is 2.28. The van der Waals surface area contributed by atoms with Crippen LogP contribution in [-0.2, 0) is 4.79 Å². The van der Waals surface area contributed by atoms with Crippen molar-refractivity contribution in [2.75, 3.05) is 37.9 Å². The zero-order chi connectivity index (χ0) is 26.4. The van der Waals surface area contributed by atoms with E-state index in [1.165, 1.54) is 38.5 Å². The van der Waals surface area contributed by atoms with Gasteiger partial charge in [0.15, 0.2) is 0 Å². The van der Waals surface area contributed by atoms with Crippen LogP contribution in [0.3, 0.4) is 0 Å². The number of rotatable bonds is 7. The molecule has 0 saturated carbocycles. The Balaban J connectivity index is 1.41. The molecule has 1 saturated heterocycles. The number of hydrogen-bond acceptors (Lipinski definition) is 5. The van der Waals surface area contributed by atoms with E-state index in [9.17, 15) is 18.8 Å². The number of carbonyl (C=O) groups excluding carboxylic acids is 3. The summed E-state index contributed by atoms with van der Waals surface area (Å²) >= 11 is 0. The van der Waals surface area contributed by atoms with Gasteiger partial charge in [-0.25, -0.2) is 4.39 Å². The minimum Gasteiger partial charge on any atom is -0.494 e. The topological polar surface area (TPSA) is 97.0 Å². The van der Waals surface area contributed by atoms with Crippen LogP contribution >= 0.6 is 0 Å². The average molecular weight is 506 g/mol. The van der Waals surface area contributed by atoms with Gasteiger partial charge in [-0.05, 0) is 49.2 Å². The van der Waals surface area contributed by atoms with Gasteiger partial charge in [-0.3, -0.25) is 14.4 Å². The maximum absolute atomic E-state index is 13.2. The van der Waals surface area contributed by atoms with E-state index in [-0.39, 0.29) is 23.6 Å². The molecule has 3 aromatic rings. The average Bonchev–Trinajstić information content (AvgIpc) is 2.94. The van der Waals surface area contributed by atoms with Gasteiger partial charge in [0.2, 0.25) is 5.91 Å². The first-order valence-electron chi connectivity index (χ1n) is 11.9. The minimum absolute atomic E-state index is 0.182. The Labute approximate surface area is 214 Å². The van der Waals surface area contributed by atoms with Crippen LogP contribution in [0.15, 0.2) is 66.7 Å². The lowest BCUT2D eigenvalue weighted by Gasteiger charge is -2.31. The summed E-state index contributed by atoms with van der Waals surface area (Å²) < 4.78 is 24.1. The van der Waals surface area contributed by atoms with E-state index in [4.69, 9.17) is 9.47 Å². The summed E-state index contributed by atoms with van der Waals surface area (Å²) in [4.78, 5) is 40.0. The van der Waals surface area contributed by atoms with Crippen molar-refractivity contribution in [3.8, 4) is 11.5 Å². The Bertz CT molecular complexity index is 1270. The van der Waals surface area contributed by atoms with E-state index in [0.717, 1.165) is 0 Å². The molecule has 1 heterocycles. The predicted octanol–water partition coefficient (Wildman–Crippen LogP) is 4.59. The molecular weight excluding hydrogens is 477 g/mol. The highest BCUT2D eigenvalue weighted by atomic mass is 19.1. The second-order valence-corrected chi connectivity index (χ2v) is 8.64. The molecule has 8 nitrogen and oxygen atoms in total. The van der Waals surface area contributed by atoms with E-state index in [1.807, 2.05) is 6.07 Å². The first kappa shape index (κ1) is 25.7. The predicted molar refractivity (Wildman–Crippen MR) is 138 cm³/mol. The summed E-state index contributed by atoms with van der Waals surface area (Å²) in [5.41, 5.74) is 1.72. The summed E-state index contributed by atoms with van der Waals surface area (Å²) in [6, 6.07) is 17.4. The third-order valence-corrected chi connectivity index (χ3v) is 6.31. The second kappa shape index (κ2) is 11.6. The molecule has 0 aromatic heterocycles. The van der Waals surface area contributed by atoms with E-state index < -0.39 is 5.82 Å². The fraction of sp³-hybridized carbons (Fsp3) is 0.250. The molecule has 0 bridgehead atoms. The molecule has 1 aliphatic heterocycles. The van der Waals surface area contributed by atoms with Crippen LogP contribution in [0.4, 0.5) is 15.8 Å². The van der Waals surface area contributed by atoms with Gasteiger partial charge in [-0.1, -0.05) is 18.2 Å². The number of ether oxygens (including phenoxy) is 2. The van der Waals surface area contributed by atoms with Crippen LogP contribution in [0.1, 0.15) is 33.6 Å². The van der Waals surface area contributed by atoms with Crippen LogP contribution in [0.2, 0.25) is 0 Å². The maximum atomic E-state index is 13.2. The monoisotopic (exact) mass is 505 g/mol. The molecule has 3 amide bonds. The fourth-order valence-corrected chi connectivity index (χ4v) is 4.23. The molecule has 4 rings (SSSR count). The van der Waals surface area contributed by atoms with Crippen LogP contribution < -0.4 is 20.1 Å². The number of halogens is 1. The number of carbonyl (C=O) groups is 3. The molecule has 1 fully saturated rings. The van der Waals surface area contributed by atoms with Gasteiger partial charge >= 0.3 is 0 Å². The van der Waals surface area contributed by atoms with E-state index >= 15 is 0 Å². The first-order chi connectivity index (χ1) is 17.9. The van der Waals surface area contributed by atoms with Gasteiger partial charge in [0.1, 0.15) is 17.3 Å². The smallest absolute Gasteiger partial charge is 0.255 e. The van der Waals surface area contributed by atoms with Crippen molar-refractivity contribution in [1.82, 2.24) is 4.90 Å². The van der Waals surface area contributed by atoms with Crippen molar-refractivity contribution in [2.45, 2.75) is 12.8 Å². The molecule has 3 aromatic carbocycles. The Morgan fingerprint density at radius 2 is 1.38 bits per heavy atom. The Hall–Kier alpha value is -4.40. The number of methoxy groups -OCH3 is 2. The molecule has 0 atom stereocenters. The molecule has 37 heavy (non-hydrogen) atoms. The van der Waals surface area contributed by atoms with Gasteiger partial charge in [0.05, 0.1) is 25.6 Å². The summed E-state index contributed by atoms with van der Waals surface area (Å²) in [7, 11) is 2.94. The van der Waals surface area contributed by atoms with Crippen LogP contribution in [0, 0.1) is 11.7 Å². The summed E-state index contributed by atoms with van der Waals surface area (Å²) in [6.45, 7) is 0.832. The number of nitrogens with one attached hydrogen (secondary N) is 2. The molecule has 192 valence electrons. The number of piperidine rings is 1. The largest absolute Gasteiger partial charge is 0.494 e. The molecule has 0 aliphatic carbocycles. The molecule has 0 radical (unpaired) electrons. The lowest BCUT2D eigenvalue weighted by molar-refractivity contribution is -0.121. The van der Waals surface area contributed by atoms with Gasteiger partial charge in [-0.15, -0.1) is 0 Å². The molecule has 0 unspecified atom stereocenters. The number of benzene rings is 3. The zero-order valence-electron chi connectivity index (χ0n) is 20.6. The lowest BCUT2D eigenvalue weighted by atomic mass is 9.95. The standard InChI is InChI=1S/C28H28FN3O5/c1-36-24-17-23(25(37-2)16-22(24)30-26(33)18-6-4-3-5-7-18)31-27(34)19-12-14-32(15-13-19)28(35)20-8-10-21(29)11-9-20/h3-11,16-17,19H,12-15H2,1-2H3,(H,30,33)(H,31,34). The maximum Gasteiger partial charge on any atom is 0.255 e. The Kier molecular flexibility index (Phi) is 8.02. The second-order valence-electron chi connectivity index (χ2n) is 8.64. The molecule has 1 aliphatic rings. The summed E-state index contributed by atoms with van der Waals surface area (Å²) in [6.07, 6.45) is 0.979. The molecule has 2 N–H and O–H groups in total. The zero-order valence-corrected chi connectivity index (χ0v) is 20.6. The van der Waals surface area contributed by atoms with Crippen molar-refractivity contribution in [3.05, 3.63) is 83.7 Å². The summed E-state index contributed by atoms with van der Waals surface area (Å²) in [5.74, 6) is -0.661. The van der Waals surface area contributed by atoms with Gasteiger partial charge in [-0.2, -0.15) is 0 Å². The van der Waals surface area contributed by atoms with Crippen molar-refractivity contribution < 1.29 is 28.2 Å². The number of hydrogen-bond donors (Lipinski definition) is 2. The van der Waals surface area contributed by atoms with Gasteiger partial charge in [0.25, 0.3) is 11.8 Å². The minimum atomic E-state index is -0.398. The quantitative estimate of drug-likeness (QED) is 0.490. The molecular formula is C28H28FN3O5. The first-order valence-corrected chi connectivity index (χ1v) is 11.9. The third-order valence-electron chi connectivity index (χ3n) is 6.31. The van der Waals surface area contributed by atoms with Gasteiger partial charge < -0.3 is 25.0 Å². The van der Waals surface area contributed by atoms with Gasteiger partial charge in [0, 0.05) is 42.3 Å². The third kappa shape index (κ3) is 6.06.